The lowest BCUT2D eigenvalue weighted by atomic mass is 10.1. The highest BCUT2D eigenvalue weighted by atomic mass is 16.5. The Labute approximate surface area is 144 Å². The van der Waals surface area contributed by atoms with Gasteiger partial charge < -0.3 is 9.64 Å². The summed E-state index contributed by atoms with van der Waals surface area (Å²) in [5.41, 5.74) is 0.0640. The fourth-order valence-corrected chi connectivity index (χ4v) is 2.32. The van der Waals surface area contributed by atoms with Crippen LogP contribution in [0.1, 0.15) is 5.69 Å². The zero-order valence-electron chi connectivity index (χ0n) is 13.7. The average Bonchev–Trinajstić information content (AvgIpc) is 2.62. The Balaban J connectivity index is 2.02. The molecule has 130 valence electrons. The van der Waals surface area contributed by atoms with Gasteiger partial charge in [-0.15, -0.1) is 13.2 Å². The van der Waals surface area contributed by atoms with Crippen LogP contribution in [0.4, 0.5) is 0 Å². The van der Waals surface area contributed by atoms with Crippen LogP contribution in [0.3, 0.4) is 0 Å². The number of nitrogens with zero attached hydrogens (tertiary/aromatic N) is 2. The molecule has 0 spiro atoms. The summed E-state index contributed by atoms with van der Waals surface area (Å²) in [6.07, 6.45) is 3.02. The van der Waals surface area contributed by atoms with Crippen molar-refractivity contribution in [2.24, 2.45) is 0 Å². The molecule has 0 saturated carbocycles. The van der Waals surface area contributed by atoms with E-state index in [1.165, 1.54) is 4.90 Å². The Kier molecular flexibility index (Phi) is 6.22. The third kappa shape index (κ3) is 4.63. The topological polar surface area (TPSA) is 92.4 Å². The predicted molar refractivity (Wildman–Crippen MR) is 94.0 cm³/mol. The molecule has 0 atom stereocenters. The van der Waals surface area contributed by atoms with E-state index < -0.39 is 5.97 Å². The number of fused-ring (bicyclic) bond motifs is 1. The number of ether oxygens (including phenoxy) is 1. The third-order valence-electron chi connectivity index (χ3n) is 3.50. The monoisotopic (exact) mass is 341 g/mol. The van der Waals surface area contributed by atoms with E-state index in [9.17, 15) is 14.4 Å². The number of aromatic nitrogens is 2. The van der Waals surface area contributed by atoms with Gasteiger partial charge in [-0.25, -0.2) is 5.10 Å². The van der Waals surface area contributed by atoms with Crippen LogP contribution in [-0.2, 0) is 20.7 Å². The van der Waals surface area contributed by atoms with Crippen LogP contribution < -0.4 is 5.56 Å². The summed E-state index contributed by atoms with van der Waals surface area (Å²) >= 11 is 0. The molecule has 1 amide bonds. The minimum atomic E-state index is -0.602. The molecule has 1 heterocycles. The Morgan fingerprint density at radius 3 is 2.44 bits per heavy atom. The lowest BCUT2D eigenvalue weighted by molar-refractivity contribution is -0.151. The van der Waals surface area contributed by atoms with E-state index in [0.717, 1.165) is 0 Å². The van der Waals surface area contributed by atoms with Gasteiger partial charge in [0.05, 0.1) is 17.5 Å². The lowest BCUT2D eigenvalue weighted by Crippen LogP contribution is -2.35. The van der Waals surface area contributed by atoms with Crippen LogP contribution in [0.2, 0.25) is 0 Å². The first-order valence-corrected chi connectivity index (χ1v) is 7.68. The number of H-pyrrole nitrogens is 1. The number of aromatic amines is 1. The molecule has 0 radical (unpaired) electrons. The van der Waals surface area contributed by atoms with Crippen molar-refractivity contribution >= 4 is 22.6 Å². The molecule has 0 saturated heterocycles. The van der Waals surface area contributed by atoms with Gasteiger partial charge in [-0.05, 0) is 6.07 Å². The van der Waals surface area contributed by atoms with Crippen molar-refractivity contribution in [1.82, 2.24) is 15.1 Å². The molecule has 0 aliphatic rings. The largest absolute Gasteiger partial charge is 0.455 e. The molecule has 7 heteroatoms. The van der Waals surface area contributed by atoms with Crippen LogP contribution in [0.25, 0.3) is 10.8 Å². The van der Waals surface area contributed by atoms with Gasteiger partial charge in [0.25, 0.3) is 11.5 Å². The normalized spacial score (nSPS) is 10.2. The number of amides is 1. The molecule has 1 N–H and O–H groups in total. The first-order valence-electron chi connectivity index (χ1n) is 7.68. The Morgan fingerprint density at radius 1 is 1.16 bits per heavy atom. The maximum absolute atomic E-state index is 12.0. The van der Waals surface area contributed by atoms with E-state index in [2.05, 4.69) is 23.4 Å². The van der Waals surface area contributed by atoms with Crippen molar-refractivity contribution in [2.75, 3.05) is 19.7 Å². The first kappa shape index (κ1) is 18.1. The fraction of sp³-hybridized carbons (Fsp3) is 0.222. The number of benzene rings is 1. The molecule has 0 aliphatic heterocycles. The van der Waals surface area contributed by atoms with Crippen LogP contribution in [0, 0.1) is 0 Å². The van der Waals surface area contributed by atoms with Crippen LogP contribution >= 0.6 is 0 Å². The number of hydrogen-bond acceptors (Lipinski definition) is 5. The van der Waals surface area contributed by atoms with Crippen molar-refractivity contribution in [2.45, 2.75) is 6.42 Å². The second-order valence-corrected chi connectivity index (χ2v) is 5.26. The Hall–Kier alpha value is -3.22. The highest BCUT2D eigenvalue weighted by Gasteiger charge is 2.16. The molecule has 2 aromatic rings. The van der Waals surface area contributed by atoms with Gasteiger partial charge in [0.15, 0.2) is 6.61 Å². The average molecular weight is 341 g/mol. The highest BCUT2D eigenvalue weighted by molar-refractivity contribution is 5.87. The quantitative estimate of drug-likeness (QED) is 0.575. The van der Waals surface area contributed by atoms with Gasteiger partial charge in [-0.3, -0.25) is 14.4 Å². The predicted octanol–water partition coefficient (Wildman–Crippen LogP) is 1.21. The van der Waals surface area contributed by atoms with Crippen LogP contribution in [-0.4, -0.2) is 46.7 Å². The van der Waals surface area contributed by atoms with Gasteiger partial charge in [-0.2, -0.15) is 5.10 Å². The lowest BCUT2D eigenvalue weighted by Gasteiger charge is -2.18. The minimum Gasteiger partial charge on any atom is -0.455 e. The van der Waals surface area contributed by atoms with Crippen LogP contribution in [0.5, 0.6) is 0 Å². The van der Waals surface area contributed by atoms with Crippen LogP contribution in [0.15, 0.2) is 54.4 Å². The second kappa shape index (κ2) is 8.58. The van der Waals surface area contributed by atoms with Crippen molar-refractivity contribution in [1.29, 1.82) is 0 Å². The van der Waals surface area contributed by atoms with E-state index in [1.807, 2.05) is 0 Å². The molecular formula is C18H19N3O4. The molecule has 25 heavy (non-hydrogen) atoms. The van der Waals surface area contributed by atoms with Gasteiger partial charge in [-0.1, -0.05) is 30.4 Å². The maximum Gasteiger partial charge on any atom is 0.312 e. The summed E-state index contributed by atoms with van der Waals surface area (Å²) in [7, 11) is 0. The number of hydrogen-bond donors (Lipinski definition) is 1. The smallest absolute Gasteiger partial charge is 0.312 e. The Morgan fingerprint density at radius 2 is 1.80 bits per heavy atom. The van der Waals surface area contributed by atoms with E-state index in [1.54, 1.807) is 36.4 Å². The molecular weight excluding hydrogens is 322 g/mol. The summed E-state index contributed by atoms with van der Waals surface area (Å²) in [6.45, 7) is 7.47. The van der Waals surface area contributed by atoms with Gasteiger partial charge in [0, 0.05) is 18.5 Å². The molecule has 0 bridgehead atoms. The number of esters is 1. The second-order valence-electron chi connectivity index (χ2n) is 5.26. The van der Waals surface area contributed by atoms with Gasteiger partial charge in [0.1, 0.15) is 0 Å². The summed E-state index contributed by atoms with van der Waals surface area (Å²) in [6, 6.07) is 6.84. The van der Waals surface area contributed by atoms with E-state index in [0.29, 0.717) is 29.6 Å². The zero-order valence-corrected chi connectivity index (χ0v) is 13.7. The maximum atomic E-state index is 12.0. The standard InChI is InChI=1S/C18H19N3O4/c1-3-9-21(10-4-2)16(22)12-25-17(23)11-15-13-7-5-6-8-14(13)18(24)20-19-15/h3-8H,1-2,9-12H2,(H,20,24). The number of nitrogens with one attached hydrogen (secondary N) is 1. The molecule has 0 aliphatic carbocycles. The van der Waals surface area contributed by atoms with E-state index in [4.69, 9.17) is 4.74 Å². The molecule has 0 unspecified atom stereocenters. The molecule has 1 aromatic carbocycles. The number of carbonyl (C=O) groups is 2. The summed E-state index contributed by atoms with van der Waals surface area (Å²) < 4.78 is 5.03. The molecule has 2 rings (SSSR count). The minimum absolute atomic E-state index is 0.145. The number of carbonyl (C=O) groups excluding carboxylic acids is 2. The Bertz CT molecular complexity index is 847. The SMILES string of the molecule is C=CCN(CC=C)C(=O)COC(=O)Cc1n[nH]c(=O)c2ccccc12. The summed E-state index contributed by atoms with van der Waals surface area (Å²) in [5.74, 6) is -0.942. The van der Waals surface area contributed by atoms with Crippen molar-refractivity contribution in [3.8, 4) is 0 Å². The van der Waals surface area contributed by atoms with Crippen molar-refractivity contribution in [3.05, 3.63) is 65.6 Å². The molecule has 1 aromatic heterocycles. The van der Waals surface area contributed by atoms with E-state index >= 15 is 0 Å². The summed E-state index contributed by atoms with van der Waals surface area (Å²) in [4.78, 5) is 37.2. The zero-order chi connectivity index (χ0) is 18.2. The van der Waals surface area contributed by atoms with E-state index in [-0.39, 0.29) is 24.5 Å². The van der Waals surface area contributed by atoms with Crippen molar-refractivity contribution < 1.29 is 14.3 Å². The molecule has 0 fully saturated rings. The molecule has 7 nitrogen and oxygen atoms in total. The van der Waals surface area contributed by atoms with Gasteiger partial charge in [0.2, 0.25) is 0 Å². The summed E-state index contributed by atoms with van der Waals surface area (Å²) in [5, 5.41) is 7.28. The number of rotatable bonds is 8. The van der Waals surface area contributed by atoms with Crippen molar-refractivity contribution in [3.63, 3.8) is 0 Å². The van der Waals surface area contributed by atoms with Gasteiger partial charge >= 0.3 is 5.97 Å². The first-order chi connectivity index (χ1) is 12.1. The highest BCUT2D eigenvalue weighted by Crippen LogP contribution is 2.13. The fourth-order valence-electron chi connectivity index (χ4n) is 2.32. The third-order valence-corrected chi connectivity index (χ3v) is 3.50.